The Labute approximate surface area is 90.8 Å². The third kappa shape index (κ3) is 3.14. The summed E-state index contributed by atoms with van der Waals surface area (Å²) in [7, 11) is 0. The summed E-state index contributed by atoms with van der Waals surface area (Å²) in [5.41, 5.74) is 0. The van der Waals surface area contributed by atoms with Crippen LogP contribution in [-0.2, 0) is 0 Å². The van der Waals surface area contributed by atoms with E-state index in [2.05, 4.69) is 17.1 Å². The van der Waals surface area contributed by atoms with Crippen LogP contribution in [0.1, 0.15) is 32.1 Å². The fourth-order valence-electron chi connectivity index (χ4n) is 2.36. The lowest BCUT2D eigenvalue weighted by Gasteiger charge is -2.27. The van der Waals surface area contributed by atoms with Gasteiger partial charge in [-0.2, -0.15) is 11.8 Å². The van der Waals surface area contributed by atoms with E-state index in [9.17, 15) is 5.11 Å². The zero-order valence-electron chi connectivity index (χ0n) is 8.74. The number of thioether (sulfide) groups is 1. The van der Waals surface area contributed by atoms with Gasteiger partial charge in [0.15, 0.2) is 0 Å². The van der Waals surface area contributed by atoms with Gasteiger partial charge in [0.25, 0.3) is 0 Å². The van der Waals surface area contributed by atoms with Crippen LogP contribution >= 0.6 is 11.8 Å². The van der Waals surface area contributed by atoms with E-state index >= 15 is 0 Å². The van der Waals surface area contributed by atoms with Crippen molar-refractivity contribution < 1.29 is 5.11 Å². The lowest BCUT2D eigenvalue weighted by atomic mass is 9.93. The zero-order valence-corrected chi connectivity index (χ0v) is 9.56. The van der Waals surface area contributed by atoms with Crippen LogP contribution in [0.25, 0.3) is 0 Å². The van der Waals surface area contributed by atoms with Gasteiger partial charge < -0.3 is 10.4 Å². The molecule has 1 saturated carbocycles. The van der Waals surface area contributed by atoms with E-state index in [0.717, 1.165) is 18.8 Å². The third-order valence-corrected chi connectivity index (χ3v) is 4.65. The molecular formula is C11H21NOS. The molecule has 0 aromatic heterocycles. The first-order valence-corrected chi connectivity index (χ1v) is 6.99. The summed E-state index contributed by atoms with van der Waals surface area (Å²) in [4.78, 5) is 0. The molecule has 3 heteroatoms. The molecule has 0 amide bonds. The Balaban J connectivity index is 1.60. The number of aliphatic hydroxyl groups excluding tert-OH is 1. The van der Waals surface area contributed by atoms with Crippen molar-refractivity contribution in [2.24, 2.45) is 5.92 Å². The number of nitrogens with one attached hydrogen (secondary N) is 1. The van der Waals surface area contributed by atoms with Crippen LogP contribution in [0, 0.1) is 5.92 Å². The summed E-state index contributed by atoms with van der Waals surface area (Å²) in [6.07, 6.45) is 5.71. The molecule has 0 spiro atoms. The topological polar surface area (TPSA) is 32.3 Å². The molecule has 1 aliphatic carbocycles. The molecule has 82 valence electrons. The second-order valence-corrected chi connectivity index (χ2v) is 5.79. The molecule has 1 saturated heterocycles. The minimum Gasteiger partial charge on any atom is -0.393 e. The molecule has 2 rings (SSSR count). The first-order valence-electron chi connectivity index (χ1n) is 5.84. The number of hydrogen-bond acceptors (Lipinski definition) is 3. The SMILES string of the molecule is OC1CCC(NCC2CCSC2)CC1. The van der Waals surface area contributed by atoms with Crippen LogP contribution in [0.3, 0.4) is 0 Å². The molecule has 0 aromatic rings. The molecule has 0 radical (unpaired) electrons. The van der Waals surface area contributed by atoms with Crippen molar-refractivity contribution in [3.05, 3.63) is 0 Å². The molecule has 1 unspecified atom stereocenters. The van der Waals surface area contributed by atoms with Gasteiger partial charge in [0, 0.05) is 6.04 Å². The van der Waals surface area contributed by atoms with Crippen LogP contribution in [-0.4, -0.2) is 35.3 Å². The summed E-state index contributed by atoms with van der Waals surface area (Å²) < 4.78 is 0. The number of hydrogen-bond donors (Lipinski definition) is 2. The summed E-state index contributed by atoms with van der Waals surface area (Å²) >= 11 is 2.09. The van der Waals surface area contributed by atoms with Gasteiger partial charge in [-0.1, -0.05) is 0 Å². The molecule has 0 aromatic carbocycles. The Bertz CT molecular complexity index is 163. The maximum absolute atomic E-state index is 9.38. The van der Waals surface area contributed by atoms with Crippen molar-refractivity contribution in [1.82, 2.24) is 5.32 Å². The van der Waals surface area contributed by atoms with Crippen LogP contribution in [0.4, 0.5) is 0 Å². The molecule has 14 heavy (non-hydrogen) atoms. The van der Waals surface area contributed by atoms with Gasteiger partial charge in [0.1, 0.15) is 0 Å². The average molecular weight is 215 g/mol. The Hall–Kier alpha value is 0.270. The van der Waals surface area contributed by atoms with Crippen molar-refractivity contribution in [3.8, 4) is 0 Å². The summed E-state index contributed by atoms with van der Waals surface area (Å²) in [6, 6.07) is 0.684. The molecule has 2 N–H and O–H groups in total. The third-order valence-electron chi connectivity index (χ3n) is 3.42. The maximum Gasteiger partial charge on any atom is 0.0541 e. The average Bonchev–Trinajstić information content (AvgIpc) is 2.70. The predicted molar refractivity (Wildman–Crippen MR) is 61.7 cm³/mol. The van der Waals surface area contributed by atoms with Crippen molar-refractivity contribution in [2.45, 2.75) is 44.2 Å². The molecule has 2 aliphatic rings. The quantitative estimate of drug-likeness (QED) is 0.750. The molecule has 2 nitrogen and oxygen atoms in total. The molecule has 1 atom stereocenters. The standard InChI is InChI=1S/C11H21NOS/c13-11-3-1-10(2-4-11)12-7-9-5-6-14-8-9/h9-13H,1-8H2. The minimum atomic E-state index is -0.0184. The fraction of sp³-hybridized carbons (Fsp3) is 1.00. The highest BCUT2D eigenvalue weighted by Gasteiger charge is 2.21. The van der Waals surface area contributed by atoms with E-state index in [1.54, 1.807) is 0 Å². The van der Waals surface area contributed by atoms with Gasteiger partial charge in [-0.3, -0.25) is 0 Å². The summed E-state index contributed by atoms with van der Waals surface area (Å²) in [5.74, 6) is 3.62. The number of rotatable bonds is 3. The second-order valence-electron chi connectivity index (χ2n) is 4.64. The van der Waals surface area contributed by atoms with E-state index in [4.69, 9.17) is 0 Å². The Morgan fingerprint density at radius 2 is 1.93 bits per heavy atom. The van der Waals surface area contributed by atoms with Gasteiger partial charge in [-0.05, 0) is 56.1 Å². The van der Waals surface area contributed by atoms with E-state index in [0.29, 0.717) is 6.04 Å². The molecule has 2 fully saturated rings. The van der Waals surface area contributed by atoms with Crippen LogP contribution in [0.2, 0.25) is 0 Å². The smallest absolute Gasteiger partial charge is 0.0541 e. The Morgan fingerprint density at radius 3 is 2.57 bits per heavy atom. The largest absolute Gasteiger partial charge is 0.393 e. The van der Waals surface area contributed by atoms with Crippen LogP contribution < -0.4 is 5.32 Å². The molecule has 1 heterocycles. The first kappa shape index (κ1) is 10.8. The first-order chi connectivity index (χ1) is 6.84. The van der Waals surface area contributed by atoms with E-state index in [1.165, 1.54) is 37.3 Å². The van der Waals surface area contributed by atoms with Gasteiger partial charge in [-0.25, -0.2) is 0 Å². The Kier molecular flexibility index (Phi) is 4.14. The van der Waals surface area contributed by atoms with E-state index in [-0.39, 0.29) is 6.10 Å². The zero-order chi connectivity index (χ0) is 9.80. The predicted octanol–water partition coefficient (Wildman–Crippen LogP) is 1.63. The fourth-order valence-corrected chi connectivity index (χ4v) is 3.64. The van der Waals surface area contributed by atoms with Gasteiger partial charge in [0.2, 0.25) is 0 Å². The highest BCUT2D eigenvalue weighted by atomic mass is 32.2. The van der Waals surface area contributed by atoms with Gasteiger partial charge in [-0.15, -0.1) is 0 Å². The molecular weight excluding hydrogens is 194 g/mol. The van der Waals surface area contributed by atoms with Crippen molar-refractivity contribution in [2.75, 3.05) is 18.1 Å². The van der Waals surface area contributed by atoms with Crippen molar-refractivity contribution >= 4 is 11.8 Å². The highest BCUT2D eigenvalue weighted by molar-refractivity contribution is 7.99. The number of aliphatic hydroxyl groups is 1. The second kappa shape index (κ2) is 5.38. The summed E-state index contributed by atoms with van der Waals surface area (Å²) in [6.45, 7) is 1.20. The van der Waals surface area contributed by atoms with Crippen molar-refractivity contribution in [3.63, 3.8) is 0 Å². The van der Waals surface area contributed by atoms with Gasteiger partial charge in [0.05, 0.1) is 6.10 Å². The minimum absolute atomic E-state index is 0.0184. The monoisotopic (exact) mass is 215 g/mol. The van der Waals surface area contributed by atoms with Gasteiger partial charge >= 0.3 is 0 Å². The van der Waals surface area contributed by atoms with Crippen molar-refractivity contribution in [1.29, 1.82) is 0 Å². The van der Waals surface area contributed by atoms with E-state index in [1.807, 2.05) is 0 Å². The normalized spacial score (nSPS) is 38.8. The summed E-state index contributed by atoms with van der Waals surface area (Å²) in [5, 5.41) is 13.0. The molecule has 1 aliphatic heterocycles. The lowest BCUT2D eigenvalue weighted by Crippen LogP contribution is -2.37. The molecule has 0 bridgehead atoms. The lowest BCUT2D eigenvalue weighted by molar-refractivity contribution is 0.116. The maximum atomic E-state index is 9.38. The Morgan fingerprint density at radius 1 is 1.14 bits per heavy atom. The van der Waals surface area contributed by atoms with Crippen LogP contribution in [0.15, 0.2) is 0 Å². The van der Waals surface area contributed by atoms with E-state index < -0.39 is 0 Å². The highest BCUT2D eigenvalue weighted by Crippen LogP contribution is 2.24. The van der Waals surface area contributed by atoms with Crippen LogP contribution in [0.5, 0.6) is 0 Å².